The molecule has 1 aliphatic rings. The van der Waals surface area contributed by atoms with Gasteiger partial charge in [0.05, 0.1) is 19.3 Å². The molecule has 128 valence electrons. The van der Waals surface area contributed by atoms with Gasteiger partial charge in [-0.3, -0.25) is 4.79 Å². The highest BCUT2D eigenvalue weighted by Crippen LogP contribution is 2.37. The molecule has 1 amide bonds. The van der Waals surface area contributed by atoms with Crippen molar-refractivity contribution in [3.8, 4) is 0 Å². The zero-order valence-electron chi connectivity index (χ0n) is 12.6. The minimum Gasteiger partial charge on any atom is -0.379 e. The molecule has 0 spiro atoms. The highest BCUT2D eigenvalue weighted by atomic mass is 19.4. The Labute approximate surface area is 135 Å². The molecule has 6 nitrogen and oxygen atoms in total. The lowest BCUT2D eigenvalue weighted by molar-refractivity contribution is -0.253. The van der Waals surface area contributed by atoms with Crippen LogP contribution in [-0.2, 0) is 6.54 Å². The van der Waals surface area contributed by atoms with Gasteiger partial charge >= 0.3 is 6.18 Å². The van der Waals surface area contributed by atoms with E-state index >= 15 is 0 Å². The summed E-state index contributed by atoms with van der Waals surface area (Å²) in [7, 11) is 0. The molecule has 1 unspecified atom stereocenters. The molecule has 0 bridgehead atoms. The second kappa shape index (κ2) is 5.90. The molecule has 0 aliphatic carbocycles. The fourth-order valence-electron chi connectivity index (χ4n) is 2.60. The number of nitrogens with zero attached hydrogens (tertiary/aromatic N) is 4. The fourth-order valence-corrected chi connectivity index (χ4v) is 2.60. The van der Waals surface area contributed by atoms with Crippen LogP contribution >= 0.6 is 0 Å². The number of alkyl halides is 3. The van der Waals surface area contributed by atoms with Crippen LogP contribution in [0.5, 0.6) is 0 Å². The van der Waals surface area contributed by atoms with Gasteiger partial charge in [0, 0.05) is 13.0 Å². The number of hydrogen-bond donors (Lipinski definition) is 1. The molecule has 1 fully saturated rings. The van der Waals surface area contributed by atoms with E-state index in [4.69, 9.17) is 0 Å². The Morgan fingerprint density at radius 1 is 1.29 bits per heavy atom. The zero-order chi connectivity index (χ0) is 17.4. The van der Waals surface area contributed by atoms with E-state index in [1.807, 2.05) is 30.3 Å². The van der Waals surface area contributed by atoms with Gasteiger partial charge in [-0.15, -0.1) is 5.10 Å². The molecule has 1 saturated heterocycles. The maximum absolute atomic E-state index is 12.8. The number of carbonyl (C=O) groups excluding carboxylic acids is 1. The van der Waals surface area contributed by atoms with E-state index in [0.29, 0.717) is 6.54 Å². The highest BCUT2D eigenvalue weighted by molar-refractivity contribution is 5.92. The minimum absolute atomic E-state index is 0.0441. The molecule has 1 aromatic carbocycles. The number of rotatable bonds is 3. The topological polar surface area (TPSA) is 71.2 Å². The van der Waals surface area contributed by atoms with Crippen molar-refractivity contribution in [3.05, 3.63) is 47.8 Å². The number of likely N-dealkylation sites (tertiary alicyclic amines) is 1. The van der Waals surface area contributed by atoms with Gasteiger partial charge in [0.25, 0.3) is 5.91 Å². The summed E-state index contributed by atoms with van der Waals surface area (Å²) in [6.45, 7) is -0.575. The number of β-amino-alcohol motifs (C(OH)–C–C–N with tert-alkyl or cyclic N) is 1. The molecule has 24 heavy (non-hydrogen) atoms. The van der Waals surface area contributed by atoms with Crippen molar-refractivity contribution in [2.24, 2.45) is 0 Å². The van der Waals surface area contributed by atoms with Crippen LogP contribution in [0.2, 0.25) is 0 Å². The third kappa shape index (κ3) is 3.12. The standard InChI is InChI=1S/C15H15F3N4O2/c16-15(17,18)14(24)6-7-21(10-14)13(23)12-9-22(20-19-12)8-11-4-2-1-3-5-11/h1-5,9,24H,6-8,10H2. The van der Waals surface area contributed by atoms with E-state index in [1.54, 1.807) is 0 Å². The van der Waals surface area contributed by atoms with E-state index in [1.165, 1.54) is 10.9 Å². The summed E-state index contributed by atoms with van der Waals surface area (Å²) in [4.78, 5) is 13.2. The molecule has 1 aliphatic heterocycles. The summed E-state index contributed by atoms with van der Waals surface area (Å²) in [5.41, 5.74) is -1.95. The molecular weight excluding hydrogens is 325 g/mol. The zero-order valence-corrected chi connectivity index (χ0v) is 12.6. The molecule has 0 saturated carbocycles. The number of hydrogen-bond acceptors (Lipinski definition) is 4. The fraction of sp³-hybridized carbons (Fsp3) is 0.400. The quantitative estimate of drug-likeness (QED) is 0.918. The van der Waals surface area contributed by atoms with E-state index in [-0.39, 0.29) is 12.2 Å². The van der Waals surface area contributed by atoms with Gasteiger partial charge in [-0.25, -0.2) is 4.68 Å². The first-order chi connectivity index (χ1) is 11.3. The SMILES string of the molecule is O=C(c1cn(Cc2ccccc2)nn1)N1CCC(O)(C(F)(F)F)C1. The van der Waals surface area contributed by atoms with Crippen LogP contribution in [0.25, 0.3) is 0 Å². The predicted molar refractivity (Wildman–Crippen MR) is 77.1 cm³/mol. The average molecular weight is 340 g/mol. The third-order valence-electron chi connectivity index (χ3n) is 4.01. The summed E-state index contributed by atoms with van der Waals surface area (Å²) in [6.07, 6.45) is -3.92. The summed E-state index contributed by atoms with van der Waals surface area (Å²) in [5, 5.41) is 17.2. The lowest BCUT2D eigenvalue weighted by Crippen LogP contribution is -2.48. The second-order valence-corrected chi connectivity index (χ2v) is 5.79. The Morgan fingerprint density at radius 3 is 2.62 bits per heavy atom. The van der Waals surface area contributed by atoms with Crippen LogP contribution in [0.1, 0.15) is 22.5 Å². The maximum atomic E-state index is 12.8. The average Bonchev–Trinajstić information content (AvgIpc) is 3.15. The number of amides is 1. The lowest BCUT2D eigenvalue weighted by Gasteiger charge is -2.25. The molecule has 0 radical (unpaired) electrons. The number of carbonyl (C=O) groups is 1. The summed E-state index contributed by atoms with van der Waals surface area (Å²) in [6, 6.07) is 9.36. The summed E-state index contributed by atoms with van der Waals surface area (Å²) >= 11 is 0. The van der Waals surface area contributed by atoms with Crippen molar-refractivity contribution in [2.45, 2.75) is 24.7 Å². The van der Waals surface area contributed by atoms with Gasteiger partial charge in [0.15, 0.2) is 11.3 Å². The maximum Gasteiger partial charge on any atom is 0.419 e. The third-order valence-corrected chi connectivity index (χ3v) is 4.01. The molecule has 1 N–H and O–H groups in total. The van der Waals surface area contributed by atoms with Crippen LogP contribution in [-0.4, -0.2) is 55.8 Å². The van der Waals surface area contributed by atoms with Crippen LogP contribution in [0.4, 0.5) is 13.2 Å². The summed E-state index contributed by atoms with van der Waals surface area (Å²) in [5.74, 6) is -0.672. The van der Waals surface area contributed by atoms with Crippen molar-refractivity contribution in [3.63, 3.8) is 0 Å². The Morgan fingerprint density at radius 2 is 2.00 bits per heavy atom. The van der Waals surface area contributed by atoms with Gasteiger partial charge in [-0.2, -0.15) is 13.2 Å². The molecule has 1 aromatic heterocycles. The van der Waals surface area contributed by atoms with Gasteiger partial charge in [0.2, 0.25) is 0 Å². The Bertz CT molecular complexity index is 732. The summed E-state index contributed by atoms with van der Waals surface area (Å²) < 4.78 is 39.9. The Hall–Kier alpha value is -2.42. The largest absolute Gasteiger partial charge is 0.419 e. The van der Waals surface area contributed by atoms with Gasteiger partial charge < -0.3 is 10.0 Å². The molecule has 3 rings (SSSR count). The normalized spacial score (nSPS) is 21.2. The number of halogens is 3. The lowest BCUT2D eigenvalue weighted by atomic mass is 10.0. The van der Waals surface area contributed by atoms with Crippen molar-refractivity contribution in [1.29, 1.82) is 0 Å². The minimum atomic E-state index is -4.77. The van der Waals surface area contributed by atoms with Crippen molar-refractivity contribution >= 4 is 5.91 Å². The first kappa shape index (κ1) is 16.4. The first-order valence-corrected chi connectivity index (χ1v) is 7.31. The van der Waals surface area contributed by atoms with E-state index in [9.17, 15) is 23.1 Å². The number of benzene rings is 1. The first-order valence-electron chi connectivity index (χ1n) is 7.31. The van der Waals surface area contributed by atoms with Gasteiger partial charge in [-0.1, -0.05) is 35.5 Å². The van der Waals surface area contributed by atoms with Crippen molar-refractivity contribution < 1.29 is 23.1 Å². The predicted octanol–water partition coefficient (Wildman–Crippen LogP) is 1.47. The van der Waals surface area contributed by atoms with Gasteiger partial charge in [0.1, 0.15) is 0 Å². The number of aromatic nitrogens is 3. The van der Waals surface area contributed by atoms with Gasteiger partial charge in [-0.05, 0) is 5.56 Å². The van der Waals surface area contributed by atoms with E-state index < -0.39 is 30.7 Å². The Kier molecular flexibility index (Phi) is 4.04. The van der Waals surface area contributed by atoms with Crippen molar-refractivity contribution in [1.82, 2.24) is 19.9 Å². The second-order valence-electron chi connectivity index (χ2n) is 5.79. The molecular formula is C15H15F3N4O2. The van der Waals surface area contributed by atoms with Crippen LogP contribution in [0.3, 0.4) is 0 Å². The monoisotopic (exact) mass is 340 g/mol. The highest BCUT2D eigenvalue weighted by Gasteiger charge is 2.58. The van der Waals surface area contributed by atoms with Crippen LogP contribution in [0, 0.1) is 0 Å². The van der Waals surface area contributed by atoms with Crippen LogP contribution in [0.15, 0.2) is 36.5 Å². The Balaban J connectivity index is 1.69. The molecule has 2 heterocycles. The van der Waals surface area contributed by atoms with Crippen LogP contribution < -0.4 is 0 Å². The van der Waals surface area contributed by atoms with E-state index in [0.717, 1.165) is 10.5 Å². The van der Waals surface area contributed by atoms with Crippen molar-refractivity contribution in [2.75, 3.05) is 13.1 Å². The molecule has 9 heteroatoms. The number of aliphatic hydroxyl groups is 1. The smallest absolute Gasteiger partial charge is 0.379 e. The molecule has 1 atom stereocenters. The molecule has 2 aromatic rings. The van der Waals surface area contributed by atoms with E-state index in [2.05, 4.69) is 10.3 Å².